The Morgan fingerprint density at radius 2 is 2.09 bits per heavy atom. The summed E-state index contributed by atoms with van der Waals surface area (Å²) in [7, 11) is 1.62. The molecule has 122 valence electrons. The Morgan fingerprint density at radius 3 is 2.78 bits per heavy atom. The highest BCUT2D eigenvalue weighted by Gasteiger charge is 2.35. The molecule has 2 aromatic rings. The lowest BCUT2D eigenvalue weighted by molar-refractivity contribution is -0.144. The number of carbonyl (C=O) groups is 2. The Balaban J connectivity index is 1.97. The van der Waals surface area contributed by atoms with E-state index in [1.165, 1.54) is 9.47 Å². The molecule has 23 heavy (non-hydrogen) atoms. The van der Waals surface area contributed by atoms with E-state index in [9.17, 15) is 19.5 Å². The van der Waals surface area contributed by atoms with Crippen LogP contribution in [0.25, 0.3) is 11.0 Å². The number of piperidine rings is 1. The summed E-state index contributed by atoms with van der Waals surface area (Å²) in [6, 6.07) is 4.13. The van der Waals surface area contributed by atoms with Crippen LogP contribution in [0.4, 0.5) is 0 Å². The van der Waals surface area contributed by atoms with Gasteiger partial charge in [0.15, 0.2) is 0 Å². The van der Waals surface area contributed by atoms with Crippen LogP contribution in [-0.4, -0.2) is 44.0 Å². The average Bonchev–Trinajstić information content (AvgIpc) is 2.81. The van der Waals surface area contributed by atoms with Gasteiger partial charge in [0.25, 0.3) is 5.91 Å². The minimum Gasteiger partial charge on any atom is -0.480 e. The topological polar surface area (TPSA) is 95.4 Å². The van der Waals surface area contributed by atoms with Crippen LogP contribution in [0.3, 0.4) is 0 Å². The fraction of sp³-hybridized carbons (Fsp3) is 0.438. The highest BCUT2D eigenvalue weighted by Crippen LogP contribution is 2.25. The second kappa shape index (κ2) is 5.57. The van der Waals surface area contributed by atoms with Gasteiger partial charge in [0.2, 0.25) is 0 Å². The molecule has 0 saturated carbocycles. The number of nitrogens with one attached hydrogen (secondary N) is 1. The minimum absolute atomic E-state index is 0.250. The number of amides is 1. The van der Waals surface area contributed by atoms with Gasteiger partial charge in [0.1, 0.15) is 6.04 Å². The molecule has 0 bridgehead atoms. The van der Waals surface area contributed by atoms with Gasteiger partial charge in [-0.25, -0.2) is 9.59 Å². The number of aliphatic carboxylic acids is 1. The summed E-state index contributed by atoms with van der Waals surface area (Å²) < 4.78 is 1.43. The molecular formula is C16H19N3O4. The first kappa shape index (κ1) is 15.3. The zero-order chi connectivity index (χ0) is 16.7. The number of aryl methyl sites for hydroxylation is 1. The molecule has 1 aromatic carbocycles. The Labute approximate surface area is 132 Å². The van der Waals surface area contributed by atoms with E-state index in [0.717, 1.165) is 6.42 Å². The van der Waals surface area contributed by atoms with Gasteiger partial charge in [0.05, 0.1) is 11.0 Å². The predicted octanol–water partition coefficient (Wildman–Crippen LogP) is 1.19. The fourth-order valence-electron chi connectivity index (χ4n) is 3.14. The van der Waals surface area contributed by atoms with Crippen molar-refractivity contribution >= 4 is 22.9 Å². The number of imidazole rings is 1. The van der Waals surface area contributed by atoms with Crippen molar-refractivity contribution in [1.82, 2.24) is 14.5 Å². The molecule has 1 amide bonds. The van der Waals surface area contributed by atoms with Crippen molar-refractivity contribution in [2.75, 3.05) is 6.54 Å². The van der Waals surface area contributed by atoms with E-state index in [1.54, 1.807) is 25.2 Å². The number of likely N-dealkylation sites (tertiary alicyclic amines) is 1. The smallest absolute Gasteiger partial charge is 0.326 e. The maximum absolute atomic E-state index is 12.7. The van der Waals surface area contributed by atoms with Crippen LogP contribution in [0.15, 0.2) is 23.0 Å². The SMILES string of the molecule is CC1CCN(C(=O)c2ccc3[nH]c(=O)n(C)c3c2)C(C(=O)O)C1. The lowest BCUT2D eigenvalue weighted by Crippen LogP contribution is -2.49. The maximum atomic E-state index is 12.7. The summed E-state index contributed by atoms with van der Waals surface area (Å²) in [6.07, 6.45) is 1.26. The summed E-state index contributed by atoms with van der Waals surface area (Å²) in [5, 5.41) is 9.40. The molecule has 1 aromatic heterocycles. The van der Waals surface area contributed by atoms with Crippen molar-refractivity contribution in [2.24, 2.45) is 13.0 Å². The second-order valence-corrected chi connectivity index (χ2v) is 6.20. The van der Waals surface area contributed by atoms with Crippen molar-refractivity contribution in [2.45, 2.75) is 25.8 Å². The molecule has 0 spiro atoms. The van der Waals surface area contributed by atoms with E-state index in [1.807, 2.05) is 6.92 Å². The first-order valence-corrected chi connectivity index (χ1v) is 7.61. The van der Waals surface area contributed by atoms with Gasteiger partial charge < -0.3 is 15.0 Å². The first-order chi connectivity index (χ1) is 10.9. The van der Waals surface area contributed by atoms with Gasteiger partial charge in [-0.1, -0.05) is 6.92 Å². The Morgan fingerprint density at radius 1 is 1.35 bits per heavy atom. The molecular weight excluding hydrogens is 298 g/mol. The number of hydrogen-bond acceptors (Lipinski definition) is 3. The van der Waals surface area contributed by atoms with Crippen molar-refractivity contribution in [1.29, 1.82) is 0 Å². The van der Waals surface area contributed by atoms with E-state index >= 15 is 0 Å². The molecule has 2 N–H and O–H groups in total. The molecule has 1 fully saturated rings. The number of H-pyrrole nitrogens is 1. The van der Waals surface area contributed by atoms with Crippen LogP contribution < -0.4 is 5.69 Å². The summed E-state index contributed by atoms with van der Waals surface area (Å²) in [5.74, 6) is -0.993. The highest BCUT2D eigenvalue weighted by molar-refractivity contribution is 5.99. The van der Waals surface area contributed by atoms with E-state index in [4.69, 9.17) is 0 Å². The molecule has 1 saturated heterocycles. The number of fused-ring (bicyclic) bond motifs is 1. The van der Waals surface area contributed by atoms with Gasteiger partial charge in [-0.3, -0.25) is 9.36 Å². The number of carbonyl (C=O) groups excluding carboxylic acids is 1. The van der Waals surface area contributed by atoms with Crippen LogP contribution in [0, 0.1) is 5.92 Å². The maximum Gasteiger partial charge on any atom is 0.326 e. The molecule has 0 radical (unpaired) electrons. The second-order valence-electron chi connectivity index (χ2n) is 6.20. The van der Waals surface area contributed by atoms with Gasteiger partial charge in [-0.2, -0.15) is 0 Å². The Bertz CT molecular complexity index is 835. The average molecular weight is 317 g/mol. The van der Waals surface area contributed by atoms with Crippen LogP contribution in [0.2, 0.25) is 0 Å². The zero-order valence-corrected chi connectivity index (χ0v) is 13.1. The number of carboxylic acids is 1. The quantitative estimate of drug-likeness (QED) is 0.870. The molecule has 1 aliphatic rings. The molecule has 2 heterocycles. The van der Waals surface area contributed by atoms with Crippen molar-refractivity contribution < 1.29 is 14.7 Å². The van der Waals surface area contributed by atoms with E-state index < -0.39 is 12.0 Å². The fourth-order valence-corrected chi connectivity index (χ4v) is 3.14. The van der Waals surface area contributed by atoms with E-state index in [-0.39, 0.29) is 17.5 Å². The largest absolute Gasteiger partial charge is 0.480 e. The van der Waals surface area contributed by atoms with Crippen molar-refractivity contribution in [3.63, 3.8) is 0 Å². The van der Waals surface area contributed by atoms with Gasteiger partial charge in [-0.05, 0) is 37.0 Å². The molecule has 0 aliphatic carbocycles. The van der Waals surface area contributed by atoms with E-state index in [2.05, 4.69) is 4.98 Å². The lowest BCUT2D eigenvalue weighted by atomic mass is 9.92. The van der Waals surface area contributed by atoms with Crippen LogP contribution in [-0.2, 0) is 11.8 Å². The van der Waals surface area contributed by atoms with E-state index in [0.29, 0.717) is 29.6 Å². The summed E-state index contributed by atoms with van der Waals surface area (Å²) in [6.45, 7) is 2.43. The summed E-state index contributed by atoms with van der Waals surface area (Å²) in [5.41, 5.74) is 1.42. The number of benzene rings is 1. The zero-order valence-electron chi connectivity index (χ0n) is 13.1. The van der Waals surface area contributed by atoms with Crippen molar-refractivity contribution in [3.8, 4) is 0 Å². The number of aromatic amines is 1. The number of carboxylic acid groups (broad SMARTS) is 1. The van der Waals surface area contributed by atoms with Crippen molar-refractivity contribution in [3.05, 3.63) is 34.2 Å². The number of hydrogen-bond donors (Lipinski definition) is 2. The highest BCUT2D eigenvalue weighted by atomic mass is 16.4. The third kappa shape index (κ3) is 2.62. The van der Waals surface area contributed by atoms with Crippen LogP contribution in [0.5, 0.6) is 0 Å². The monoisotopic (exact) mass is 317 g/mol. The van der Waals surface area contributed by atoms with Crippen LogP contribution >= 0.6 is 0 Å². The predicted molar refractivity (Wildman–Crippen MR) is 84.4 cm³/mol. The van der Waals surface area contributed by atoms with Gasteiger partial charge in [0, 0.05) is 19.2 Å². The Hall–Kier alpha value is -2.57. The minimum atomic E-state index is -0.972. The van der Waals surface area contributed by atoms with Gasteiger partial charge in [-0.15, -0.1) is 0 Å². The molecule has 3 rings (SSSR count). The lowest BCUT2D eigenvalue weighted by Gasteiger charge is -2.36. The third-order valence-electron chi connectivity index (χ3n) is 4.56. The number of nitrogens with zero attached hydrogens (tertiary/aromatic N) is 2. The van der Waals surface area contributed by atoms with Gasteiger partial charge >= 0.3 is 11.7 Å². The molecule has 2 atom stereocenters. The summed E-state index contributed by atoms with van der Waals surface area (Å²) in [4.78, 5) is 40.0. The number of rotatable bonds is 2. The molecule has 7 nitrogen and oxygen atoms in total. The summed E-state index contributed by atoms with van der Waals surface area (Å²) >= 11 is 0. The number of aromatic nitrogens is 2. The van der Waals surface area contributed by atoms with Crippen LogP contribution in [0.1, 0.15) is 30.1 Å². The third-order valence-corrected chi connectivity index (χ3v) is 4.56. The normalized spacial score (nSPS) is 21.6. The molecule has 1 aliphatic heterocycles. The Kier molecular flexibility index (Phi) is 3.71. The first-order valence-electron chi connectivity index (χ1n) is 7.61. The molecule has 2 unspecified atom stereocenters. The standard InChI is InChI=1S/C16H19N3O4/c1-9-5-6-19(13(7-9)15(21)22)14(20)10-3-4-11-12(8-10)18(2)16(23)17-11/h3-4,8-9,13H,5-7H2,1-2H3,(H,17,23)(H,21,22). The molecule has 7 heteroatoms.